The molecule has 0 aliphatic carbocycles. The number of carbonyl (C=O) groups is 3. The van der Waals surface area contributed by atoms with Gasteiger partial charge in [0.25, 0.3) is 0 Å². The maximum atomic E-state index is 12.3. The minimum Gasteiger partial charge on any atom is -0.465 e. The number of nitrogens with zero attached hydrogens (tertiary/aromatic N) is 2. The van der Waals surface area contributed by atoms with Crippen LogP contribution in [-0.4, -0.2) is 51.6 Å². The fourth-order valence-electron chi connectivity index (χ4n) is 3.46. The lowest BCUT2D eigenvalue weighted by molar-refractivity contribution is -0.130. The second-order valence-corrected chi connectivity index (χ2v) is 5.86. The van der Waals surface area contributed by atoms with Gasteiger partial charge in [0.1, 0.15) is 6.61 Å². The first kappa shape index (κ1) is 15.3. The molecule has 23 heavy (non-hydrogen) atoms. The molecule has 122 valence electrons. The van der Waals surface area contributed by atoms with E-state index in [4.69, 9.17) is 4.74 Å². The van der Waals surface area contributed by atoms with Crippen LogP contribution in [0.5, 0.6) is 0 Å². The predicted octanol–water partition coefficient (Wildman–Crippen LogP) is 1.92. The Hall–Kier alpha value is -2.57. The van der Waals surface area contributed by atoms with Crippen LogP contribution in [-0.2, 0) is 16.1 Å². The number of amides is 3. The Balaban J connectivity index is 1.68. The van der Waals surface area contributed by atoms with Crippen LogP contribution < -0.4 is 0 Å². The van der Waals surface area contributed by atoms with Crippen LogP contribution in [0, 0.1) is 5.92 Å². The zero-order valence-electron chi connectivity index (χ0n) is 12.7. The summed E-state index contributed by atoms with van der Waals surface area (Å²) in [6.07, 6.45) is -1.31. The lowest BCUT2D eigenvalue weighted by Gasteiger charge is -2.25. The van der Waals surface area contributed by atoms with E-state index in [1.165, 1.54) is 4.90 Å². The molecule has 2 aliphatic heterocycles. The van der Waals surface area contributed by atoms with Crippen molar-refractivity contribution in [3.8, 4) is 0 Å². The van der Waals surface area contributed by atoms with Crippen molar-refractivity contribution < 1.29 is 24.2 Å². The molecule has 3 amide bonds. The third kappa shape index (κ3) is 2.62. The number of fused-ring (bicyclic) bond motifs is 1. The smallest absolute Gasteiger partial charge is 0.414 e. The summed E-state index contributed by atoms with van der Waals surface area (Å²) < 4.78 is 5.31. The summed E-state index contributed by atoms with van der Waals surface area (Å²) in [5.74, 6) is -0.990. The van der Waals surface area contributed by atoms with E-state index in [9.17, 15) is 19.5 Å². The van der Waals surface area contributed by atoms with Crippen molar-refractivity contribution in [1.29, 1.82) is 0 Å². The van der Waals surface area contributed by atoms with Gasteiger partial charge in [0.05, 0.1) is 18.0 Å². The molecular weight excluding hydrogens is 300 g/mol. The van der Waals surface area contributed by atoms with Gasteiger partial charge >= 0.3 is 12.2 Å². The number of carbonyl (C=O) groups excluding carboxylic acids is 2. The number of imide groups is 1. The summed E-state index contributed by atoms with van der Waals surface area (Å²) in [5, 5.41) is 9.20. The summed E-state index contributed by atoms with van der Waals surface area (Å²) >= 11 is 0. The molecule has 0 unspecified atom stereocenters. The molecule has 1 aromatic carbocycles. The third-order valence-electron chi connectivity index (χ3n) is 4.54. The fraction of sp³-hybridized carbons (Fsp3) is 0.438. The van der Waals surface area contributed by atoms with E-state index in [1.807, 2.05) is 30.3 Å². The number of carboxylic acid groups (broad SMARTS) is 1. The van der Waals surface area contributed by atoms with Crippen molar-refractivity contribution in [2.24, 2.45) is 5.92 Å². The summed E-state index contributed by atoms with van der Waals surface area (Å²) in [6.45, 7) is 2.20. The number of hydrogen-bond acceptors (Lipinski definition) is 4. The van der Waals surface area contributed by atoms with E-state index in [-0.39, 0.29) is 6.61 Å². The van der Waals surface area contributed by atoms with Crippen LogP contribution in [0.1, 0.15) is 18.9 Å². The number of rotatable bonds is 2. The van der Waals surface area contributed by atoms with Crippen molar-refractivity contribution in [2.45, 2.75) is 32.0 Å². The Morgan fingerprint density at radius 2 is 2.00 bits per heavy atom. The zero-order valence-corrected chi connectivity index (χ0v) is 12.7. The van der Waals surface area contributed by atoms with E-state index >= 15 is 0 Å². The van der Waals surface area contributed by atoms with Gasteiger partial charge in [-0.05, 0) is 12.0 Å². The molecule has 7 nitrogen and oxygen atoms in total. The Labute approximate surface area is 133 Å². The van der Waals surface area contributed by atoms with Crippen molar-refractivity contribution in [3.05, 3.63) is 35.9 Å². The highest BCUT2D eigenvalue weighted by atomic mass is 16.6. The molecule has 3 rings (SSSR count). The first-order chi connectivity index (χ1) is 11.0. The first-order valence-corrected chi connectivity index (χ1v) is 7.54. The Bertz CT molecular complexity index is 633. The molecule has 2 heterocycles. The lowest BCUT2D eigenvalue weighted by Crippen LogP contribution is -2.42. The van der Waals surface area contributed by atoms with Gasteiger partial charge in [0.15, 0.2) is 0 Å². The monoisotopic (exact) mass is 318 g/mol. The van der Waals surface area contributed by atoms with Gasteiger partial charge in [-0.15, -0.1) is 0 Å². The molecule has 0 saturated carbocycles. The summed E-state index contributed by atoms with van der Waals surface area (Å²) in [7, 11) is 0. The van der Waals surface area contributed by atoms with Gasteiger partial charge in [0.2, 0.25) is 5.91 Å². The molecule has 2 fully saturated rings. The maximum Gasteiger partial charge on any atom is 0.414 e. The molecule has 0 spiro atoms. The largest absolute Gasteiger partial charge is 0.465 e. The molecule has 2 saturated heterocycles. The molecule has 1 aromatic rings. The number of likely N-dealkylation sites (tertiary alicyclic amines) is 2. The van der Waals surface area contributed by atoms with E-state index < -0.39 is 36.1 Å². The van der Waals surface area contributed by atoms with Crippen molar-refractivity contribution in [2.75, 3.05) is 6.54 Å². The summed E-state index contributed by atoms with van der Waals surface area (Å²) in [5.41, 5.74) is 0.874. The van der Waals surface area contributed by atoms with Crippen LogP contribution in [0.15, 0.2) is 30.3 Å². The van der Waals surface area contributed by atoms with Crippen LogP contribution >= 0.6 is 0 Å². The van der Waals surface area contributed by atoms with Gasteiger partial charge in [-0.2, -0.15) is 0 Å². The van der Waals surface area contributed by atoms with Crippen LogP contribution in [0.4, 0.5) is 9.59 Å². The van der Waals surface area contributed by atoms with Crippen molar-refractivity contribution in [1.82, 2.24) is 9.80 Å². The molecule has 3 atom stereocenters. The lowest BCUT2D eigenvalue weighted by atomic mass is 10.0. The predicted molar refractivity (Wildman–Crippen MR) is 79.6 cm³/mol. The minimum atomic E-state index is -1.26. The quantitative estimate of drug-likeness (QED) is 0.900. The topological polar surface area (TPSA) is 87.2 Å². The zero-order chi connectivity index (χ0) is 16.6. The fourth-order valence-corrected chi connectivity index (χ4v) is 3.46. The Morgan fingerprint density at radius 3 is 2.65 bits per heavy atom. The second kappa shape index (κ2) is 5.91. The highest BCUT2D eigenvalue weighted by Gasteiger charge is 2.55. The molecule has 7 heteroatoms. The van der Waals surface area contributed by atoms with Crippen LogP contribution in [0.3, 0.4) is 0 Å². The van der Waals surface area contributed by atoms with Gasteiger partial charge < -0.3 is 14.7 Å². The SMILES string of the molecule is C[C@@H]1C(=O)N(C(=O)O)[C@H]2CCN(C(=O)OCc3ccccc3)[C@H]12. The Kier molecular flexibility index (Phi) is 3.94. The number of hydrogen-bond donors (Lipinski definition) is 1. The average molecular weight is 318 g/mol. The van der Waals surface area contributed by atoms with Gasteiger partial charge in [-0.3, -0.25) is 4.79 Å². The van der Waals surface area contributed by atoms with Crippen molar-refractivity contribution in [3.63, 3.8) is 0 Å². The van der Waals surface area contributed by atoms with Crippen LogP contribution in [0.2, 0.25) is 0 Å². The maximum absolute atomic E-state index is 12.3. The molecule has 2 aliphatic rings. The van der Waals surface area contributed by atoms with Crippen molar-refractivity contribution >= 4 is 18.1 Å². The minimum absolute atomic E-state index is 0.151. The molecular formula is C16H18N2O5. The van der Waals surface area contributed by atoms with Gasteiger partial charge in [-0.25, -0.2) is 14.5 Å². The molecule has 1 N–H and O–H groups in total. The summed E-state index contributed by atoms with van der Waals surface area (Å²) in [6, 6.07) is 8.39. The van der Waals surface area contributed by atoms with E-state index in [2.05, 4.69) is 0 Å². The van der Waals surface area contributed by atoms with E-state index in [1.54, 1.807) is 6.92 Å². The molecule has 0 aromatic heterocycles. The standard InChI is InChI=1S/C16H18N2O5/c1-10-13-12(18(14(10)19)15(20)21)7-8-17(13)16(22)23-9-11-5-3-2-4-6-11/h2-6,10,12-13H,7-9H2,1H3,(H,20,21)/t10-,12-,13+/m0/s1. The second-order valence-electron chi connectivity index (χ2n) is 5.86. The highest BCUT2D eigenvalue weighted by molar-refractivity contribution is 5.96. The molecule has 0 bridgehead atoms. The van der Waals surface area contributed by atoms with E-state index in [0.717, 1.165) is 10.5 Å². The molecule has 0 radical (unpaired) electrons. The Morgan fingerprint density at radius 1 is 1.30 bits per heavy atom. The third-order valence-corrected chi connectivity index (χ3v) is 4.54. The van der Waals surface area contributed by atoms with E-state index in [0.29, 0.717) is 13.0 Å². The number of benzene rings is 1. The van der Waals surface area contributed by atoms with Crippen LogP contribution in [0.25, 0.3) is 0 Å². The van der Waals surface area contributed by atoms with Gasteiger partial charge in [0, 0.05) is 6.54 Å². The first-order valence-electron chi connectivity index (χ1n) is 7.54. The number of ether oxygens (including phenoxy) is 1. The summed E-state index contributed by atoms with van der Waals surface area (Å²) in [4.78, 5) is 38.0. The normalized spacial score (nSPS) is 26.3. The average Bonchev–Trinajstić information content (AvgIpc) is 3.06. The van der Waals surface area contributed by atoms with Gasteiger partial charge in [-0.1, -0.05) is 37.3 Å². The highest BCUT2D eigenvalue weighted by Crippen LogP contribution is 2.36.